The molecule has 0 fully saturated rings. The van der Waals surface area contributed by atoms with Crippen molar-refractivity contribution in [3.8, 4) is 0 Å². The predicted octanol–water partition coefficient (Wildman–Crippen LogP) is 6.01. The summed E-state index contributed by atoms with van der Waals surface area (Å²) >= 11 is 0. The zero-order valence-electron chi connectivity index (χ0n) is 21.3. The van der Waals surface area contributed by atoms with Gasteiger partial charge in [0, 0.05) is 6.42 Å². The van der Waals surface area contributed by atoms with Gasteiger partial charge in [0.25, 0.3) is 0 Å². The smallest absolute Gasteiger partial charge is 0.145 e. The van der Waals surface area contributed by atoms with Crippen LogP contribution in [0.4, 0.5) is 0 Å². The molecule has 32 heavy (non-hydrogen) atoms. The molecule has 0 aromatic rings. The molecular weight excluding hydrogens is 402 g/mol. The van der Waals surface area contributed by atoms with E-state index in [1.165, 1.54) is 64.2 Å². The molecule has 4 unspecified atom stereocenters. The van der Waals surface area contributed by atoms with Crippen LogP contribution in [-0.4, -0.2) is 39.5 Å². The number of Topliss-reactive ketones (excluding diaryl/α,β-unsaturated/α-hetero) is 1. The number of hydrogen-bond acceptors (Lipinski definition) is 5. The predicted molar refractivity (Wildman–Crippen MR) is 134 cm³/mol. The Bertz CT molecular complexity index is 416. The van der Waals surface area contributed by atoms with Crippen molar-refractivity contribution in [2.45, 2.75) is 161 Å². The van der Waals surface area contributed by atoms with Gasteiger partial charge in [-0.15, -0.1) is 0 Å². The van der Waals surface area contributed by atoms with E-state index in [-0.39, 0.29) is 12.2 Å². The number of ketones is 1. The molecule has 0 amide bonds. The van der Waals surface area contributed by atoms with E-state index in [0.717, 1.165) is 44.9 Å². The molecule has 4 atom stereocenters. The number of rotatable bonds is 24. The normalized spacial score (nSPS) is 15.4. The Balaban J connectivity index is 3.87. The van der Waals surface area contributed by atoms with Crippen LogP contribution in [0, 0.1) is 5.92 Å². The maximum atomic E-state index is 12.5. The number of carbonyl (C=O) groups is 1. The molecule has 0 saturated carbocycles. The van der Waals surface area contributed by atoms with E-state index in [1.54, 1.807) is 0 Å². The third kappa shape index (κ3) is 18.0. The van der Waals surface area contributed by atoms with Gasteiger partial charge in [-0.3, -0.25) is 4.79 Å². The molecule has 0 rings (SSSR count). The summed E-state index contributed by atoms with van der Waals surface area (Å²) in [5.41, 5.74) is 5.59. The minimum atomic E-state index is -1.38. The number of unbranched alkanes of at least 4 members (excludes halogenated alkanes) is 15. The van der Waals surface area contributed by atoms with Crippen molar-refractivity contribution < 1.29 is 20.1 Å². The van der Waals surface area contributed by atoms with Crippen molar-refractivity contribution in [3.63, 3.8) is 0 Å². The van der Waals surface area contributed by atoms with E-state index in [0.29, 0.717) is 12.8 Å². The SMILES string of the molecule is CCCCCCCCCCCCCCCC(O)C(C(=O)CC(O)CCCCCC)C(N)O. The molecule has 0 aliphatic carbocycles. The van der Waals surface area contributed by atoms with Crippen molar-refractivity contribution >= 4 is 5.78 Å². The van der Waals surface area contributed by atoms with Crippen molar-refractivity contribution in [3.05, 3.63) is 0 Å². The van der Waals surface area contributed by atoms with Crippen LogP contribution in [0.1, 0.15) is 142 Å². The Morgan fingerprint density at radius 2 is 1.00 bits per heavy atom. The van der Waals surface area contributed by atoms with Crippen LogP contribution in [0.25, 0.3) is 0 Å². The fourth-order valence-corrected chi connectivity index (χ4v) is 4.46. The molecule has 0 aromatic carbocycles. The largest absolute Gasteiger partial charge is 0.393 e. The molecule has 5 N–H and O–H groups in total. The summed E-state index contributed by atoms with van der Waals surface area (Å²) in [6.07, 6.45) is 18.5. The van der Waals surface area contributed by atoms with E-state index in [2.05, 4.69) is 13.8 Å². The number of aliphatic hydroxyl groups excluding tert-OH is 3. The Labute approximate surface area is 198 Å². The molecule has 0 radical (unpaired) electrons. The second-order valence-electron chi connectivity index (χ2n) is 9.79. The van der Waals surface area contributed by atoms with Crippen LogP contribution in [0.5, 0.6) is 0 Å². The zero-order chi connectivity index (χ0) is 24.0. The molecule has 5 heteroatoms. The molecule has 0 aromatic heterocycles. The summed E-state index contributed by atoms with van der Waals surface area (Å²) in [5.74, 6) is -1.33. The van der Waals surface area contributed by atoms with Crippen LogP contribution < -0.4 is 5.73 Å². The molecular formula is C27H55NO4. The Hall–Kier alpha value is -0.490. The van der Waals surface area contributed by atoms with Crippen LogP contribution in [0.3, 0.4) is 0 Å². The topological polar surface area (TPSA) is 104 Å². The van der Waals surface area contributed by atoms with Crippen LogP contribution >= 0.6 is 0 Å². The summed E-state index contributed by atoms with van der Waals surface area (Å²) < 4.78 is 0. The third-order valence-electron chi connectivity index (χ3n) is 6.59. The first kappa shape index (κ1) is 31.5. The van der Waals surface area contributed by atoms with Crippen molar-refractivity contribution in [2.75, 3.05) is 0 Å². The highest BCUT2D eigenvalue weighted by atomic mass is 16.3. The summed E-state index contributed by atoms with van der Waals surface area (Å²) in [5, 5.41) is 30.4. The minimum absolute atomic E-state index is 0.0410. The molecule has 0 saturated heterocycles. The number of hydrogen-bond donors (Lipinski definition) is 4. The molecule has 5 nitrogen and oxygen atoms in total. The molecule has 0 aliphatic heterocycles. The van der Waals surface area contributed by atoms with Gasteiger partial charge in [0.2, 0.25) is 0 Å². The summed E-state index contributed by atoms with van der Waals surface area (Å²) in [6.45, 7) is 4.38. The minimum Gasteiger partial charge on any atom is -0.393 e. The van der Waals surface area contributed by atoms with Crippen molar-refractivity contribution in [1.82, 2.24) is 0 Å². The monoisotopic (exact) mass is 457 g/mol. The fourth-order valence-electron chi connectivity index (χ4n) is 4.46. The molecule has 0 spiro atoms. The van der Waals surface area contributed by atoms with Crippen LogP contribution in [-0.2, 0) is 4.79 Å². The lowest BCUT2D eigenvalue weighted by Crippen LogP contribution is -2.44. The maximum absolute atomic E-state index is 12.5. The maximum Gasteiger partial charge on any atom is 0.145 e. The summed E-state index contributed by atoms with van der Waals surface area (Å²) in [6, 6.07) is 0. The van der Waals surface area contributed by atoms with Gasteiger partial charge >= 0.3 is 0 Å². The van der Waals surface area contributed by atoms with E-state index < -0.39 is 24.4 Å². The highest BCUT2D eigenvalue weighted by Crippen LogP contribution is 2.20. The number of aliphatic hydroxyl groups is 3. The number of nitrogens with two attached hydrogens (primary N) is 1. The Morgan fingerprint density at radius 3 is 1.44 bits per heavy atom. The van der Waals surface area contributed by atoms with Gasteiger partial charge in [-0.25, -0.2) is 0 Å². The van der Waals surface area contributed by atoms with Crippen LogP contribution in [0.15, 0.2) is 0 Å². The van der Waals surface area contributed by atoms with Gasteiger partial charge in [-0.05, 0) is 12.8 Å². The third-order valence-corrected chi connectivity index (χ3v) is 6.59. The van der Waals surface area contributed by atoms with Gasteiger partial charge in [0.05, 0.1) is 18.1 Å². The zero-order valence-corrected chi connectivity index (χ0v) is 21.3. The van der Waals surface area contributed by atoms with Gasteiger partial charge < -0.3 is 21.1 Å². The van der Waals surface area contributed by atoms with E-state index >= 15 is 0 Å². The first-order chi connectivity index (χ1) is 15.4. The van der Waals surface area contributed by atoms with Gasteiger partial charge in [-0.2, -0.15) is 0 Å². The van der Waals surface area contributed by atoms with E-state index in [4.69, 9.17) is 5.73 Å². The number of carbonyl (C=O) groups excluding carboxylic acids is 1. The average Bonchev–Trinajstić information content (AvgIpc) is 2.74. The van der Waals surface area contributed by atoms with E-state index in [1.807, 2.05) is 0 Å². The first-order valence-corrected chi connectivity index (χ1v) is 13.8. The summed E-state index contributed by atoms with van der Waals surface area (Å²) in [7, 11) is 0. The molecule has 0 bridgehead atoms. The summed E-state index contributed by atoms with van der Waals surface area (Å²) in [4.78, 5) is 12.5. The standard InChI is InChI=1S/C27H55NO4/c1-3-5-7-9-10-11-12-13-14-15-16-17-19-21-24(30)26(27(28)32)25(31)22-23(29)20-18-8-6-4-2/h23-24,26-27,29-30,32H,3-22,28H2,1-2H3. The highest BCUT2D eigenvalue weighted by Gasteiger charge is 2.32. The first-order valence-electron chi connectivity index (χ1n) is 13.8. The van der Waals surface area contributed by atoms with Gasteiger partial charge in [-0.1, -0.05) is 123 Å². The van der Waals surface area contributed by atoms with Gasteiger partial charge in [0.15, 0.2) is 0 Å². The highest BCUT2D eigenvalue weighted by molar-refractivity contribution is 5.82. The second kappa shape index (κ2) is 22.3. The molecule has 192 valence electrons. The average molecular weight is 458 g/mol. The lowest BCUT2D eigenvalue weighted by atomic mass is 9.88. The Morgan fingerprint density at radius 1 is 0.625 bits per heavy atom. The molecule has 0 aliphatic rings. The van der Waals surface area contributed by atoms with Gasteiger partial charge in [0.1, 0.15) is 12.0 Å². The molecule has 0 heterocycles. The second-order valence-corrected chi connectivity index (χ2v) is 9.79. The lowest BCUT2D eigenvalue weighted by molar-refractivity contribution is -0.133. The van der Waals surface area contributed by atoms with Crippen molar-refractivity contribution in [2.24, 2.45) is 11.7 Å². The van der Waals surface area contributed by atoms with E-state index in [9.17, 15) is 20.1 Å². The van der Waals surface area contributed by atoms with Crippen molar-refractivity contribution in [1.29, 1.82) is 0 Å². The Kier molecular flexibility index (Phi) is 22.0. The lowest BCUT2D eigenvalue weighted by Gasteiger charge is -2.25. The fraction of sp³-hybridized carbons (Fsp3) is 0.963. The van der Waals surface area contributed by atoms with Crippen LogP contribution in [0.2, 0.25) is 0 Å². The quantitative estimate of drug-likeness (QED) is 0.105.